The summed E-state index contributed by atoms with van der Waals surface area (Å²) in [6, 6.07) is 0. The minimum Gasteiger partial charge on any atom is -0.481 e. The molecule has 4 heteroatoms. The molecule has 2 N–H and O–H groups in total. The number of carboxylic acid groups (broad SMARTS) is 1. The van der Waals surface area contributed by atoms with Gasteiger partial charge in [-0.3, -0.25) is 9.59 Å². The predicted molar refractivity (Wildman–Crippen MR) is 108 cm³/mol. The third-order valence-electron chi connectivity index (χ3n) is 10.1. The maximum atomic E-state index is 13.6. The van der Waals surface area contributed by atoms with Crippen LogP contribution in [0, 0.1) is 46.3 Å². The van der Waals surface area contributed by atoms with Crippen molar-refractivity contribution in [2.45, 2.75) is 91.1 Å². The van der Waals surface area contributed by atoms with Crippen LogP contribution in [0.4, 0.5) is 0 Å². The molecule has 4 saturated carbocycles. The van der Waals surface area contributed by atoms with E-state index in [1.165, 1.54) is 12.8 Å². The molecule has 0 amide bonds. The highest BCUT2D eigenvalue weighted by atomic mass is 16.4. The Morgan fingerprint density at radius 3 is 2.61 bits per heavy atom. The summed E-state index contributed by atoms with van der Waals surface area (Å²) in [5.74, 6) is 2.52. The van der Waals surface area contributed by atoms with Crippen LogP contribution in [0.1, 0.15) is 85.0 Å². The third-order valence-corrected chi connectivity index (χ3v) is 10.1. The highest BCUT2D eigenvalue weighted by Crippen LogP contribution is 2.67. The number of hydrogen-bond donors (Lipinski definition) is 2. The summed E-state index contributed by atoms with van der Waals surface area (Å²) >= 11 is 0. The predicted octanol–water partition coefficient (Wildman–Crippen LogP) is 4.69. The van der Waals surface area contributed by atoms with Gasteiger partial charge in [0.25, 0.3) is 0 Å². The average molecular weight is 391 g/mol. The summed E-state index contributed by atoms with van der Waals surface area (Å²) in [6.45, 7) is 6.81. The Bertz CT molecular complexity index is 645. The van der Waals surface area contributed by atoms with Crippen molar-refractivity contribution in [2.75, 3.05) is 0 Å². The monoisotopic (exact) mass is 390 g/mol. The molecule has 0 heterocycles. The topological polar surface area (TPSA) is 74.6 Å². The molecule has 4 aliphatic rings. The van der Waals surface area contributed by atoms with Gasteiger partial charge in [0.1, 0.15) is 5.78 Å². The molecule has 9 atom stereocenters. The number of rotatable bonds is 4. The molecular weight excluding hydrogens is 352 g/mol. The highest BCUT2D eigenvalue weighted by Gasteiger charge is 2.63. The first kappa shape index (κ1) is 20.4. The fourth-order valence-corrected chi connectivity index (χ4v) is 8.44. The summed E-state index contributed by atoms with van der Waals surface area (Å²) in [5.41, 5.74) is -0.0391. The van der Waals surface area contributed by atoms with Gasteiger partial charge >= 0.3 is 5.97 Å². The summed E-state index contributed by atoms with van der Waals surface area (Å²) in [5, 5.41) is 19.3. The van der Waals surface area contributed by atoms with E-state index in [4.69, 9.17) is 5.11 Å². The first-order valence-electron chi connectivity index (χ1n) is 11.6. The van der Waals surface area contributed by atoms with Gasteiger partial charge in [-0.05, 0) is 92.3 Å². The lowest BCUT2D eigenvalue weighted by atomic mass is 9.44. The zero-order valence-electron chi connectivity index (χ0n) is 17.8. The van der Waals surface area contributed by atoms with Crippen molar-refractivity contribution in [1.82, 2.24) is 0 Å². The Labute approximate surface area is 169 Å². The van der Waals surface area contributed by atoms with E-state index in [0.717, 1.165) is 32.1 Å². The fourth-order valence-electron chi connectivity index (χ4n) is 8.44. The lowest BCUT2D eigenvalue weighted by Crippen LogP contribution is -2.57. The van der Waals surface area contributed by atoms with Gasteiger partial charge in [-0.25, -0.2) is 0 Å². The van der Waals surface area contributed by atoms with Gasteiger partial charge in [0, 0.05) is 18.3 Å². The van der Waals surface area contributed by atoms with E-state index in [9.17, 15) is 14.7 Å². The molecule has 158 valence electrons. The number of Topliss-reactive ketones (excluding diaryl/α,β-unsaturated/α-hetero) is 1. The molecule has 4 fully saturated rings. The molecule has 0 aromatic rings. The maximum Gasteiger partial charge on any atom is 0.303 e. The molecule has 0 aliphatic heterocycles. The van der Waals surface area contributed by atoms with E-state index in [1.54, 1.807) is 0 Å². The Kier molecular flexibility index (Phi) is 5.17. The van der Waals surface area contributed by atoms with Gasteiger partial charge in [-0.2, -0.15) is 0 Å². The molecule has 4 rings (SSSR count). The Balaban J connectivity index is 1.57. The first-order valence-corrected chi connectivity index (χ1v) is 11.6. The normalized spacial score (nSPS) is 49.1. The number of carboxylic acids is 1. The average Bonchev–Trinajstić information content (AvgIpc) is 3.00. The Morgan fingerprint density at radius 2 is 1.89 bits per heavy atom. The van der Waals surface area contributed by atoms with Crippen LogP contribution in [0.2, 0.25) is 0 Å². The van der Waals surface area contributed by atoms with Crippen LogP contribution in [0.25, 0.3) is 0 Å². The number of aliphatic hydroxyl groups excluding tert-OH is 1. The zero-order valence-corrected chi connectivity index (χ0v) is 17.8. The van der Waals surface area contributed by atoms with Crippen LogP contribution in [-0.2, 0) is 9.59 Å². The summed E-state index contributed by atoms with van der Waals surface area (Å²) in [7, 11) is 0. The minimum atomic E-state index is -0.729. The van der Waals surface area contributed by atoms with Crippen LogP contribution in [-0.4, -0.2) is 28.1 Å². The number of aliphatic carboxylic acids is 1. The highest BCUT2D eigenvalue weighted by molar-refractivity contribution is 5.87. The molecule has 0 spiro atoms. The molecule has 4 aliphatic carbocycles. The molecule has 0 unspecified atom stereocenters. The number of carbonyl (C=O) groups excluding carboxylic acids is 1. The maximum absolute atomic E-state index is 13.6. The smallest absolute Gasteiger partial charge is 0.303 e. The Hall–Kier alpha value is -0.900. The summed E-state index contributed by atoms with van der Waals surface area (Å²) < 4.78 is 0. The molecule has 0 aromatic carbocycles. The lowest BCUT2D eigenvalue weighted by Gasteiger charge is -2.60. The van der Waals surface area contributed by atoms with Crippen LogP contribution < -0.4 is 0 Å². The second-order valence-corrected chi connectivity index (χ2v) is 11.1. The van der Waals surface area contributed by atoms with E-state index in [0.29, 0.717) is 54.1 Å². The van der Waals surface area contributed by atoms with Gasteiger partial charge in [-0.15, -0.1) is 0 Å². The van der Waals surface area contributed by atoms with Crippen LogP contribution in [0.5, 0.6) is 0 Å². The lowest BCUT2D eigenvalue weighted by molar-refractivity contribution is -0.160. The SMILES string of the molecule is C[C@@H](CCC(=O)O)[C@@H]1CC[C@H]2[C@H]3CC[C@H]4C[C@@H](O)CC[C@]4(C)[C@@H]3CC(=O)[C@@]21C. The van der Waals surface area contributed by atoms with Crippen molar-refractivity contribution in [3.8, 4) is 0 Å². The van der Waals surface area contributed by atoms with Gasteiger partial charge in [-0.1, -0.05) is 20.8 Å². The Morgan fingerprint density at radius 1 is 1.14 bits per heavy atom. The van der Waals surface area contributed by atoms with Gasteiger partial charge in [0.05, 0.1) is 6.10 Å². The summed E-state index contributed by atoms with van der Waals surface area (Å²) in [4.78, 5) is 24.7. The third kappa shape index (κ3) is 2.97. The first-order chi connectivity index (χ1) is 13.2. The number of carbonyl (C=O) groups is 2. The van der Waals surface area contributed by atoms with Crippen molar-refractivity contribution >= 4 is 11.8 Å². The van der Waals surface area contributed by atoms with E-state index in [-0.39, 0.29) is 23.4 Å². The fraction of sp³-hybridized carbons (Fsp3) is 0.917. The molecule has 28 heavy (non-hydrogen) atoms. The van der Waals surface area contributed by atoms with Crippen molar-refractivity contribution in [3.63, 3.8) is 0 Å². The molecule has 0 radical (unpaired) electrons. The summed E-state index contributed by atoms with van der Waals surface area (Å²) in [6.07, 6.45) is 8.96. The van der Waals surface area contributed by atoms with E-state index in [1.807, 2.05) is 0 Å². The van der Waals surface area contributed by atoms with Gasteiger partial charge < -0.3 is 10.2 Å². The van der Waals surface area contributed by atoms with Crippen molar-refractivity contribution < 1.29 is 19.8 Å². The number of ketones is 1. The standard InChI is InChI=1S/C24H38O4/c1-14(4-9-22(27)28)18-7-8-19-17-6-5-15-12-16(25)10-11-23(15,2)20(17)13-21(26)24(18,19)3/h14-20,25H,4-13H2,1-3H3,(H,27,28)/t14-,15-,16-,17+,18-,19-,20+,23-,24+/m0/s1. The van der Waals surface area contributed by atoms with Crippen molar-refractivity contribution in [3.05, 3.63) is 0 Å². The number of hydrogen-bond acceptors (Lipinski definition) is 3. The van der Waals surface area contributed by atoms with E-state index < -0.39 is 5.97 Å². The molecule has 4 nitrogen and oxygen atoms in total. The van der Waals surface area contributed by atoms with Gasteiger partial charge in [0.2, 0.25) is 0 Å². The van der Waals surface area contributed by atoms with Crippen molar-refractivity contribution in [2.24, 2.45) is 46.3 Å². The second-order valence-electron chi connectivity index (χ2n) is 11.1. The quantitative estimate of drug-likeness (QED) is 0.730. The van der Waals surface area contributed by atoms with Crippen LogP contribution in [0.15, 0.2) is 0 Å². The number of fused-ring (bicyclic) bond motifs is 5. The van der Waals surface area contributed by atoms with Crippen LogP contribution in [0.3, 0.4) is 0 Å². The number of aliphatic hydroxyl groups is 1. The molecule has 0 aromatic heterocycles. The second kappa shape index (κ2) is 7.11. The van der Waals surface area contributed by atoms with Crippen molar-refractivity contribution in [1.29, 1.82) is 0 Å². The van der Waals surface area contributed by atoms with E-state index in [2.05, 4.69) is 20.8 Å². The molecule has 0 bridgehead atoms. The molecule has 0 saturated heterocycles. The zero-order chi connectivity index (χ0) is 20.3. The van der Waals surface area contributed by atoms with E-state index >= 15 is 0 Å². The minimum absolute atomic E-state index is 0.148. The molecular formula is C24H38O4. The van der Waals surface area contributed by atoms with Gasteiger partial charge in [0.15, 0.2) is 0 Å². The van der Waals surface area contributed by atoms with Crippen LogP contribution >= 0.6 is 0 Å². The largest absolute Gasteiger partial charge is 0.481 e.